The molecular weight excluding hydrogens is 436 g/mol. The Morgan fingerprint density at radius 3 is 2.34 bits per heavy atom. The van der Waals surface area contributed by atoms with Crippen LogP contribution in [0, 0.1) is 0 Å². The van der Waals surface area contributed by atoms with E-state index in [4.69, 9.17) is 4.74 Å². The standard InChI is InChI=1S/C17H16O2.C13H18N2O/c1-12(2)15-9-4-5-10-16(15)17(18)13-7-6-8-14(11-13)19-3;1-5-6-10(2)11(3)9-12-13(16)14-7-8-15(12)4/h4-11H,1H2,2-3H3;5-6,9H,2-3,7-8H2,1,4H3,(H,14,16)/b;6-5-,12-9-. The summed E-state index contributed by atoms with van der Waals surface area (Å²) in [6.45, 7) is 17.0. The van der Waals surface area contributed by atoms with Gasteiger partial charge in [0.25, 0.3) is 5.91 Å². The van der Waals surface area contributed by atoms with E-state index >= 15 is 0 Å². The largest absolute Gasteiger partial charge is 0.497 e. The molecule has 1 saturated heterocycles. The van der Waals surface area contributed by atoms with Crippen molar-refractivity contribution in [2.75, 3.05) is 27.2 Å². The van der Waals surface area contributed by atoms with Crippen LogP contribution in [0.2, 0.25) is 0 Å². The molecule has 0 aliphatic carbocycles. The normalized spacial score (nSPS) is 14.1. The smallest absolute Gasteiger partial charge is 0.267 e. The van der Waals surface area contributed by atoms with E-state index in [2.05, 4.69) is 25.1 Å². The second-order valence-corrected chi connectivity index (χ2v) is 8.14. The molecule has 2 aromatic carbocycles. The van der Waals surface area contributed by atoms with Gasteiger partial charge in [-0.05, 0) is 48.8 Å². The molecule has 35 heavy (non-hydrogen) atoms. The van der Waals surface area contributed by atoms with Crippen LogP contribution in [-0.2, 0) is 4.79 Å². The van der Waals surface area contributed by atoms with Crippen LogP contribution in [0.3, 0.4) is 0 Å². The highest BCUT2D eigenvalue weighted by molar-refractivity contribution is 6.11. The predicted octanol–water partition coefficient (Wildman–Crippen LogP) is 5.58. The summed E-state index contributed by atoms with van der Waals surface area (Å²) in [7, 11) is 3.49. The van der Waals surface area contributed by atoms with Gasteiger partial charge in [0, 0.05) is 31.3 Å². The first-order valence-electron chi connectivity index (χ1n) is 11.3. The average Bonchev–Trinajstić information content (AvgIpc) is 2.86. The zero-order chi connectivity index (χ0) is 26.0. The van der Waals surface area contributed by atoms with Gasteiger partial charge in [-0.1, -0.05) is 73.9 Å². The predicted molar refractivity (Wildman–Crippen MR) is 144 cm³/mol. The fourth-order valence-electron chi connectivity index (χ4n) is 3.44. The Kier molecular flexibility index (Phi) is 10.0. The van der Waals surface area contributed by atoms with Gasteiger partial charge in [0.2, 0.25) is 0 Å². The van der Waals surface area contributed by atoms with Gasteiger partial charge in [-0.3, -0.25) is 9.59 Å². The van der Waals surface area contributed by atoms with Crippen LogP contribution in [0.1, 0.15) is 35.3 Å². The number of carbonyl (C=O) groups is 2. The lowest BCUT2D eigenvalue weighted by Crippen LogP contribution is -2.43. The van der Waals surface area contributed by atoms with Crippen LogP contribution in [-0.4, -0.2) is 43.8 Å². The minimum atomic E-state index is -0.0526. The topological polar surface area (TPSA) is 58.6 Å². The summed E-state index contributed by atoms with van der Waals surface area (Å²) < 4.78 is 5.15. The Balaban J connectivity index is 0.000000251. The number of carbonyl (C=O) groups excluding carboxylic acids is 2. The molecule has 0 unspecified atom stereocenters. The lowest BCUT2D eigenvalue weighted by atomic mass is 9.95. The fourth-order valence-corrected chi connectivity index (χ4v) is 3.44. The molecule has 0 bridgehead atoms. The molecule has 0 spiro atoms. The Hall–Kier alpha value is -4.12. The van der Waals surface area contributed by atoms with Crippen LogP contribution in [0.25, 0.3) is 5.57 Å². The zero-order valence-corrected chi connectivity index (χ0v) is 21.1. The molecule has 1 amide bonds. The van der Waals surface area contributed by atoms with Crippen molar-refractivity contribution in [2.24, 2.45) is 0 Å². The third-order valence-electron chi connectivity index (χ3n) is 5.43. The Labute approximate surface area is 208 Å². The molecule has 0 aromatic heterocycles. The number of nitrogens with one attached hydrogen (secondary N) is 1. The van der Waals surface area contributed by atoms with Gasteiger partial charge < -0.3 is 15.0 Å². The molecule has 3 rings (SSSR count). The highest BCUT2D eigenvalue weighted by atomic mass is 16.5. The van der Waals surface area contributed by atoms with Crippen LogP contribution in [0.4, 0.5) is 0 Å². The maximum Gasteiger partial charge on any atom is 0.267 e. The average molecular weight is 471 g/mol. The number of likely N-dealkylation sites (N-methyl/N-ethyl adjacent to an activating group) is 1. The molecule has 0 radical (unpaired) electrons. The van der Waals surface area contributed by atoms with Crippen LogP contribution >= 0.6 is 0 Å². The number of hydrogen-bond donors (Lipinski definition) is 1. The second-order valence-electron chi connectivity index (χ2n) is 8.14. The number of nitrogens with zero attached hydrogens (tertiary/aromatic N) is 1. The molecule has 1 N–H and O–H groups in total. The summed E-state index contributed by atoms with van der Waals surface area (Å²) in [5.41, 5.74) is 5.28. The van der Waals surface area contributed by atoms with E-state index in [1.165, 1.54) is 0 Å². The number of amides is 1. The monoisotopic (exact) mass is 470 g/mol. The van der Waals surface area contributed by atoms with Gasteiger partial charge in [0.05, 0.1) is 7.11 Å². The molecule has 1 heterocycles. The minimum Gasteiger partial charge on any atom is -0.497 e. The first-order chi connectivity index (χ1) is 16.7. The number of rotatable bonds is 7. The van der Waals surface area contributed by atoms with E-state index < -0.39 is 0 Å². The molecule has 0 atom stereocenters. The Bertz CT molecular complexity index is 1190. The lowest BCUT2D eigenvalue weighted by Gasteiger charge is -2.27. The summed E-state index contributed by atoms with van der Waals surface area (Å²) in [6.07, 6.45) is 5.55. The van der Waals surface area contributed by atoms with Crippen molar-refractivity contribution < 1.29 is 14.3 Å². The van der Waals surface area contributed by atoms with E-state index in [-0.39, 0.29) is 11.7 Å². The maximum atomic E-state index is 12.5. The number of allylic oxidation sites excluding steroid dienone is 6. The highest BCUT2D eigenvalue weighted by Crippen LogP contribution is 2.22. The maximum absolute atomic E-state index is 12.5. The number of piperazine rings is 1. The quantitative estimate of drug-likeness (QED) is 0.326. The van der Waals surface area contributed by atoms with E-state index in [1.54, 1.807) is 25.3 Å². The van der Waals surface area contributed by atoms with Crippen molar-refractivity contribution in [2.45, 2.75) is 13.8 Å². The van der Waals surface area contributed by atoms with Crippen LogP contribution < -0.4 is 10.1 Å². The first kappa shape index (κ1) is 27.1. The SMILES string of the molecule is C=C(/C=C\C)C(=C)/C=C1/C(=O)NCCN1C.C=C(C)c1ccccc1C(=O)c1cccc(OC)c1. The zero-order valence-electron chi connectivity index (χ0n) is 21.1. The van der Waals surface area contributed by atoms with Crippen molar-refractivity contribution in [3.8, 4) is 5.75 Å². The third-order valence-corrected chi connectivity index (χ3v) is 5.43. The van der Waals surface area contributed by atoms with Gasteiger partial charge in [-0.15, -0.1) is 0 Å². The second kappa shape index (κ2) is 12.9. The highest BCUT2D eigenvalue weighted by Gasteiger charge is 2.19. The minimum absolute atomic E-state index is 0.0162. The van der Waals surface area contributed by atoms with Crippen LogP contribution in [0.15, 0.2) is 103 Å². The molecule has 1 fully saturated rings. The number of benzene rings is 2. The number of hydrogen-bond acceptors (Lipinski definition) is 4. The van der Waals surface area contributed by atoms with E-state index in [0.29, 0.717) is 29.1 Å². The molecule has 182 valence electrons. The summed E-state index contributed by atoms with van der Waals surface area (Å²) in [5.74, 6) is 0.610. The summed E-state index contributed by atoms with van der Waals surface area (Å²) in [4.78, 5) is 26.1. The molecule has 2 aromatic rings. The molecular formula is C30H34N2O3. The van der Waals surface area contributed by atoms with Crippen molar-refractivity contribution in [1.82, 2.24) is 10.2 Å². The molecule has 1 aliphatic heterocycles. The van der Waals surface area contributed by atoms with Gasteiger partial charge in [-0.25, -0.2) is 0 Å². The van der Waals surface area contributed by atoms with E-state index in [9.17, 15) is 9.59 Å². The van der Waals surface area contributed by atoms with Gasteiger partial charge >= 0.3 is 0 Å². The number of ether oxygens (including phenoxy) is 1. The Morgan fingerprint density at radius 2 is 1.74 bits per heavy atom. The fraction of sp³-hybridized carbons (Fsp3) is 0.200. The molecule has 1 aliphatic rings. The Morgan fingerprint density at radius 1 is 1.06 bits per heavy atom. The van der Waals surface area contributed by atoms with Crippen LogP contribution in [0.5, 0.6) is 5.75 Å². The number of methoxy groups -OCH3 is 1. The summed E-state index contributed by atoms with van der Waals surface area (Å²) in [5, 5.41) is 2.80. The summed E-state index contributed by atoms with van der Waals surface area (Å²) >= 11 is 0. The lowest BCUT2D eigenvalue weighted by molar-refractivity contribution is -0.120. The molecule has 0 saturated carbocycles. The van der Waals surface area contributed by atoms with Crippen molar-refractivity contribution in [1.29, 1.82) is 0 Å². The van der Waals surface area contributed by atoms with Crippen molar-refractivity contribution in [3.05, 3.63) is 120 Å². The van der Waals surface area contributed by atoms with E-state index in [0.717, 1.165) is 28.8 Å². The number of ketones is 1. The van der Waals surface area contributed by atoms with Gasteiger partial charge in [0.1, 0.15) is 11.4 Å². The first-order valence-corrected chi connectivity index (χ1v) is 11.3. The van der Waals surface area contributed by atoms with Gasteiger partial charge in [0.15, 0.2) is 5.78 Å². The molecule has 5 heteroatoms. The van der Waals surface area contributed by atoms with E-state index in [1.807, 2.05) is 74.3 Å². The van der Waals surface area contributed by atoms with Crippen molar-refractivity contribution >= 4 is 17.3 Å². The summed E-state index contributed by atoms with van der Waals surface area (Å²) in [6, 6.07) is 14.7. The molecule has 5 nitrogen and oxygen atoms in total. The van der Waals surface area contributed by atoms with Crippen molar-refractivity contribution in [3.63, 3.8) is 0 Å². The third kappa shape index (κ3) is 7.44. The van der Waals surface area contributed by atoms with Gasteiger partial charge in [-0.2, -0.15) is 0 Å².